The molecule has 1 N–H and O–H groups in total. The predicted octanol–water partition coefficient (Wildman–Crippen LogP) is 1.99. The first kappa shape index (κ1) is 19.9. The highest BCUT2D eigenvalue weighted by atomic mass is 35.5. The van der Waals surface area contributed by atoms with Crippen LogP contribution >= 0.6 is 11.6 Å². The molecule has 1 atom stereocenters. The third kappa shape index (κ3) is 6.11. The largest absolute Gasteiger partial charge is 0.339 e. The molecule has 0 aromatic heterocycles. The van der Waals surface area contributed by atoms with E-state index in [0.717, 1.165) is 22.7 Å². The van der Waals surface area contributed by atoms with Gasteiger partial charge in [0.05, 0.1) is 0 Å². The second-order valence-corrected chi connectivity index (χ2v) is 8.72. The Kier molecular flexibility index (Phi) is 7.01. The van der Waals surface area contributed by atoms with E-state index in [4.69, 9.17) is 11.6 Å². The van der Waals surface area contributed by atoms with Crippen LogP contribution in [0.5, 0.6) is 0 Å². The topological polar surface area (TPSA) is 69.7 Å². The molecule has 8 heteroatoms. The van der Waals surface area contributed by atoms with Crippen molar-refractivity contribution >= 4 is 33.8 Å². The third-order valence-electron chi connectivity index (χ3n) is 4.13. The highest BCUT2D eigenvalue weighted by Gasteiger charge is 2.24. The monoisotopic (exact) mass is 385 g/mol. The van der Waals surface area contributed by atoms with E-state index in [1.807, 2.05) is 12.1 Å². The molecular weight excluding hydrogens is 362 g/mol. The van der Waals surface area contributed by atoms with E-state index < -0.39 is 10.2 Å². The van der Waals surface area contributed by atoms with E-state index in [-0.39, 0.29) is 11.8 Å². The van der Waals surface area contributed by atoms with E-state index in [9.17, 15) is 13.2 Å². The molecule has 0 radical (unpaired) electrons. The lowest BCUT2D eigenvalue weighted by Crippen LogP contribution is -2.45. The molecule has 1 unspecified atom stereocenters. The van der Waals surface area contributed by atoms with Gasteiger partial charge >= 0.3 is 0 Å². The van der Waals surface area contributed by atoms with Gasteiger partial charge in [-0.15, -0.1) is 0 Å². The molecule has 0 saturated carbocycles. The van der Waals surface area contributed by atoms with Crippen molar-refractivity contribution in [1.29, 1.82) is 0 Å². The Morgan fingerprint density at radius 3 is 2.88 bits per heavy atom. The number of hydrogen-bond acceptors (Lipinski definition) is 3. The summed E-state index contributed by atoms with van der Waals surface area (Å²) in [5, 5.41) is 0.626. The summed E-state index contributed by atoms with van der Waals surface area (Å²) in [6.07, 6.45) is 5.05. The maximum absolute atomic E-state index is 12.4. The van der Waals surface area contributed by atoms with Gasteiger partial charge < -0.3 is 4.90 Å². The highest BCUT2D eigenvalue weighted by molar-refractivity contribution is 7.87. The van der Waals surface area contributed by atoms with Gasteiger partial charge in [-0.05, 0) is 42.5 Å². The van der Waals surface area contributed by atoms with E-state index >= 15 is 0 Å². The minimum atomic E-state index is -3.43. The summed E-state index contributed by atoms with van der Waals surface area (Å²) in [6.45, 7) is 1.58. The van der Waals surface area contributed by atoms with Crippen LogP contribution in [0.4, 0.5) is 0 Å². The third-order valence-corrected chi connectivity index (χ3v) is 5.86. The van der Waals surface area contributed by atoms with Gasteiger partial charge in [-0.1, -0.05) is 23.7 Å². The Morgan fingerprint density at radius 1 is 1.44 bits per heavy atom. The van der Waals surface area contributed by atoms with Crippen molar-refractivity contribution in [3.05, 3.63) is 40.9 Å². The van der Waals surface area contributed by atoms with Gasteiger partial charge in [0.25, 0.3) is 10.2 Å². The van der Waals surface area contributed by atoms with Gasteiger partial charge in [0, 0.05) is 44.8 Å². The Balaban J connectivity index is 1.90. The number of rotatable bonds is 6. The molecule has 0 bridgehead atoms. The van der Waals surface area contributed by atoms with Crippen molar-refractivity contribution in [3.63, 3.8) is 0 Å². The molecule has 25 heavy (non-hydrogen) atoms. The van der Waals surface area contributed by atoms with Gasteiger partial charge in [0.2, 0.25) is 5.91 Å². The van der Waals surface area contributed by atoms with Gasteiger partial charge in [-0.25, -0.2) is 4.72 Å². The lowest BCUT2D eigenvalue weighted by molar-refractivity contribution is -0.127. The van der Waals surface area contributed by atoms with Crippen molar-refractivity contribution in [2.24, 2.45) is 5.92 Å². The second-order valence-electron chi connectivity index (χ2n) is 6.32. The molecule has 2 rings (SSSR count). The lowest BCUT2D eigenvalue weighted by Gasteiger charge is -2.32. The summed E-state index contributed by atoms with van der Waals surface area (Å²) in [5.74, 6) is 0.0483. The number of halogens is 1. The number of likely N-dealkylation sites (tertiary alicyclic amines) is 1. The first-order valence-corrected chi connectivity index (χ1v) is 9.99. The predicted molar refractivity (Wildman–Crippen MR) is 100 cm³/mol. The molecule has 1 heterocycles. The number of carbonyl (C=O) groups excluding carboxylic acids is 1. The van der Waals surface area contributed by atoms with Gasteiger partial charge in [-0.3, -0.25) is 4.79 Å². The number of piperidine rings is 1. The van der Waals surface area contributed by atoms with Crippen molar-refractivity contribution in [3.8, 4) is 0 Å². The molecule has 138 valence electrons. The first-order chi connectivity index (χ1) is 11.8. The van der Waals surface area contributed by atoms with Gasteiger partial charge in [0.15, 0.2) is 0 Å². The van der Waals surface area contributed by atoms with Crippen LogP contribution in [-0.4, -0.2) is 57.3 Å². The summed E-state index contributed by atoms with van der Waals surface area (Å²) in [4.78, 5) is 14.1. The van der Waals surface area contributed by atoms with E-state index in [1.54, 1.807) is 23.1 Å². The molecule has 1 aliphatic heterocycles. The zero-order valence-corrected chi connectivity index (χ0v) is 16.1. The van der Waals surface area contributed by atoms with E-state index in [2.05, 4.69) is 4.72 Å². The van der Waals surface area contributed by atoms with Crippen LogP contribution < -0.4 is 4.72 Å². The maximum Gasteiger partial charge on any atom is 0.278 e. The number of nitrogens with zero attached hydrogens (tertiary/aromatic N) is 2. The van der Waals surface area contributed by atoms with Crippen LogP contribution in [0.3, 0.4) is 0 Å². The molecule has 1 aliphatic rings. The molecule has 1 fully saturated rings. The zero-order valence-electron chi connectivity index (χ0n) is 14.5. The number of benzene rings is 1. The Hall–Kier alpha value is -1.41. The van der Waals surface area contributed by atoms with E-state index in [0.29, 0.717) is 24.7 Å². The SMILES string of the molecule is CN(C)S(=O)(=O)NCC1CCCN(C(=O)/C=C/c2cccc(Cl)c2)C1. The van der Waals surface area contributed by atoms with Crippen molar-refractivity contribution in [2.45, 2.75) is 12.8 Å². The quantitative estimate of drug-likeness (QED) is 0.761. The van der Waals surface area contributed by atoms with Crippen LogP contribution in [0.1, 0.15) is 18.4 Å². The summed E-state index contributed by atoms with van der Waals surface area (Å²) in [6, 6.07) is 7.29. The summed E-state index contributed by atoms with van der Waals surface area (Å²) >= 11 is 5.93. The smallest absolute Gasteiger partial charge is 0.278 e. The maximum atomic E-state index is 12.4. The number of carbonyl (C=O) groups is 1. The molecule has 1 amide bonds. The van der Waals surface area contributed by atoms with Gasteiger partial charge in [0.1, 0.15) is 0 Å². The van der Waals surface area contributed by atoms with Crippen molar-refractivity contribution in [2.75, 3.05) is 33.7 Å². The molecule has 6 nitrogen and oxygen atoms in total. The lowest BCUT2D eigenvalue weighted by atomic mass is 9.98. The Morgan fingerprint density at radius 2 is 2.20 bits per heavy atom. The number of amides is 1. The Labute approximate surface area is 154 Å². The average molecular weight is 386 g/mol. The second kappa shape index (κ2) is 8.80. The number of nitrogens with one attached hydrogen (secondary N) is 1. The van der Waals surface area contributed by atoms with Crippen molar-refractivity contribution in [1.82, 2.24) is 13.9 Å². The van der Waals surface area contributed by atoms with Crippen LogP contribution in [0.25, 0.3) is 6.08 Å². The molecule has 1 aromatic rings. The van der Waals surface area contributed by atoms with Crippen LogP contribution in [0.15, 0.2) is 30.3 Å². The van der Waals surface area contributed by atoms with Gasteiger partial charge in [-0.2, -0.15) is 12.7 Å². The molecule has 0 aliphatic carbocycles. The fourth-order valence-electron chi connectivity index (χ4n) is 2.67. The first-order valence-electron chi connectivity index (χ1n) is 8.17. The highest BCUT2D eigenvalue weighted by Crippen LogP contribution is 2.17. The van der Waals surface area contributed by atoms with Crippen LogP contribution in [-0.2, 0) is 15.0 Å². The molecule has 1 aromatic carbocycles. The normalized spacial score (nSPS) is 18.9. The van der Waals surface area contributed by atoms with Crippen LogP contribution in [0, 0.1) is 5.92 Å². The Bertz CT molecular complexity index is 734. The fraction of sp³-hybridized carbons (Fsp3) is 0.471. The van der Waals surface area contributed by atoms with E-state index in [1.165, 1.54) is 20.2 Å². The molecule has 0 spiro atoms. The summed E-state index contributed by atoms with van der Waals surface area (Å²) in [5.41, 5.74) is 0.869. The molecular formula is C17H24ClN3O3S. The number of hydrogen-bond donors (Lipinski definition) is 1. The molecule has 1 saturated heterocycles. The zero-order chi connectivity index (χ0) is 18.4. The average Bonchev–Trinajstić information content (AvgIpc) is 2.58. The minimum Gasteiger partial charge on any atom is -0.339 e. The fourth-order valence-corrected chi connectivity index (χ4v) is 3.57. The van der Waals surface area contributed by atoms with Crippen molar-refractivity contribution < 1.29 is 13.2 Å². The summed E-state index contributed by atoms with van der Waals surface area (Å²) in [7, 11) is -0.461. The summed E-state index contributed by atoms with van der Waals surface area (Å²) < 4.78 is 27.3. The minimum absolute atomic E-state index is 0.0693. The standard InChI is InChI=1S/C17H24ClN3O3S/c1-20(2)25(23,24)19-12-15-6-4-10-21(13-15)17(22)9-8-14-5-3-7-16(18)11-14/h3,5,7-9,11,15,19H,4,6,10,12-13H2,1-2H3/b9-8+. The van der Waals surface area contributed by atoms with Crippen LogP contribution in [0.2, 0.25) is 5.02 Å².